The third kappa shape index (κ3) is 6.97. The quantitative estimate of drug-likeness (QED) is 0.135. The zero-order chi connectivity index (χ0) is 37.7. The number of pyridine rings is 1. The molecule has 0 saturated carbocycles. The largest absolute Gasteiger partial charge is 0.423 e. The normalized spacial score (nSPS) is 15.3. The van der Waals surface area contributed by atoms with Crippen LogP contribution in [0.4, 0.5) is 30.5 Å². The van der Waals surface area contributed by atoms with E-state index in [1.54, 1.807) is 27.0 Å². The van der Waals surface area contributed by atoms with Gasteiger partial charge in [-0.1, -0.05) is 6.42 Å². The number of carbonyl (C=O) groups is 2. The van der Waals surface area contributed by atoms with Crippen LogP contribution in [-0.2, 0) is 28.7 Å². The third-order valence-electron chi connectivity index (χ3n) is 9.79. The number of benzene rings is 1. The molecular formula is C37H38F3N9O4. The minimum absolute atomic E-state index is 0.0669. The van der Waals surface area contributed by atoms with Crippen molar-refractivity contribution in [3.05, 3.63) is 70.1 Å². The van der Waals surface area contributed by atoms with E-state index in [0.29, 0.717) is 84.2 Å². The standard InChI is InChI=1S/C37H38F3N9O4/c1-5-48-31(51)19-42-34-35(48)45-27(18-41-34)23-10-11-26(44-21(23)2)33-43-20-47(46-33)14-8-6-7-9-30(50)49-28-17-29-24(15-22(28)12-13-36(49,3)4)25(37(38,39)40)16-32(52)53-29/h10-11,15-18,20H,5-9,12-14,19H2,1-4H3,(H,41,42). The molecule has 0 atom stereocenters. The van der Waals surface area contributed by atoms with E-state index >= 15 is 0 Å². The van der Waals surface area contributed by atoms with Crippen LogP contribution in [0.25, 0.3) is 33.7 Å². The van der Waals surface area contributed by atoms with Crippen molar-refractivity contribution in [1.82, 2.24) is 29.7 Å². The number of amides is 2. The van der Waals surface area contributed by atoms with Crippen molar-refractivity contribution in [3.8, 4) is 22.8 Å². The van der Waals surface area contributed by atoms with Crippen molar-refractivity contribution in [2.75, 3.05) is 28.2 Å². The Hall–Kier alpha value is -5.67. The van der Waals surface area contributed by atoms with Gasteiger partial charge in [-0.25, -0.2) is 24.7 Å². The summed E-state index contributed by atoms with van der Waals surface area (Å²) in [5.74, 6) is 1.31. The molecule has 0 aliphatic carbocycles. The van der Waals surface area contributed by atoms with Gasteiger partial charge >= 0.3 is 11.8 Å². The Kier molecular flexibility index (Phi) is 9.24. The number of aryl methyl sites for hydroxylation is 3. The number of hydrogen-bond acceptors (Lipinski definition) is 10. The number of halogens is 3. The van der Waals surface area contributed by atoms with Gasteiger partial charge in [0, 0.05) is 53.8 Å². The molecule has 4 aromatic heterocycles. The van der Waals surface area contributed by atoms with E-state index in [2.05, 4.69) is 20.4 Å². The topological polar surface area (TPSA) is 152 Å². The van der Waals surface area contributed by atoms with Crippen molar-refractivity contribution in [2.45, 2.75) is 84.5 Å². The number of alkyl halides is 3. The van der Waals surface area contributed by atoms with E-state index in [-0.39, 0.29) is 35.7 Å². The Morgan fingerprint density at radius 1 is 1.04 bits per heavy atom. The van der Waals surface area contributed by atoms with Gasteiger partial charge in [0.1, 0.15) is 17.6 Å². The van der Waals surface area contributed by atoms with Crippen LogP contribution in [0.2, 0.25) is 0 Å². The maximum Gasteiger partial charge on any atom is 0.417 e. The molecule has 0 saturated heterocycles. The smallest absolute Gasteiger partial charge is 0.417 e. The summed E-state index contributed by atoms with van der Waals surface area (Å²) in [4.78, 5) is 59.6. The van der Waals surface area contributed by atoms with E-state index in [0.717, 1.165) is 18.4 Å². The van der Waals surface area contributed by atoms with E-state index in [9.17, 15) is 27.6 Å². The molecule has 0 fully saturated rings. The summed E-state index contributed by atoms with van der Waals surface area (Å²) in [7, 11) is 0. The fourth-order valence-electron chi connectivity index (χ4n) is 7.07. The van der Waals surface area contributed by atoms with Gasteiger partial charge < -0.3 is 14.6 Å². The van der Waals surface area contributed by atoms with Gasteiger partial charge in [-0.3, -0.25) is 19.2 Å². The van der Waals surface area contributed by atoms with Gasteiger partial charge in [0.2, 0.25) is 11.8 Å². The second kappa shape index (κ2) is 13.7. The maximum absolute atomic E-state index is 13.7. The number of nitrogens with one attached hydrogen (secondary N) is 1. The highest BCUT2D eigenvalue weighted by Crippen LogP contribution is 2.42. The van der Waals surface area contributed by atoms with E-state index in [1.165, 1.54) is 12.1 Å². The summed E-state index contributed by atoms with van der Waals surface area (Å²) < 4.78 is 48.1. The lowest BCUT2D eigenvalue weighted by molar-refractivity contribution is -0.136. The molecule has 5 aromatic rings. The number of hydrogen-bond donors (Lipinski definition) is 1. The summed E-state index contributed by atoms with van der Waals surface area (Å²) >= 11 is 0. The van der Waals surface area contributed by atoms with Crippen LogP contribution in [0.15, 0.2) is 52.1 Å². The van der Waals surface area contributed by atoms with Gasteiger partial charge in [0.25, 0.3) is 0 Å². The van der Waals surface area contributed by atoms with Gasteiger partial charge in [0.05, 0.1) is 29.7 Å². The molecule has 1 aromatic carbocycles. The van der Waals surface area contributed by atoms with Crippen molar-refractivity contribution in [3.63, 3.8) is 0 Å². The van der Waals surface area contributed by atoms with Crippen LogP contribution in [0.3, 0.4) is 0 Å². The number of rotatable bonds is 9. The molecule has 2 aliphatic rings. The summed E-state index contributed by atoms with van der Waals surface area (Å²) in [6, 6.07) is 6.98. The van der Waals surface area contributed by atoms with Crippen LogP contribution in [0, 0.1) is 6.92 Å². The fourth-order valence-corrected chi connectivity index (χ4v) is 7.07. The molecule has 2 aliphatic heterocycles. The Bertz CT molecular complexity index is 2300. The molecule has 16 heteroatoms. The maximum atomic E-state index is 13.7. The number of fused-ring (bicyclic) bond motifs is 3. The Morgan fingerprint density at radius 2 is 1.85 bits per heavy atom. The lowest BCUT2D eigenvalue weighted by atomic mass is 9.85. The average Bonchev–Trinajstić information content (AvgIpc) is 3.58. The van der Waals surface area contributed by atoms with Crippen LogP contribution < -0.4 is 20.7 Å². The van der Waals surface area contributed by atoms with Crippen LogP contribution in [-0.4, -0.2) is 60.2 Å². The monoisotopic (exact) mass is 729 g/mol. The van der Waals surface area contributed by atoms with E-state index in [1.807, 2.05) is 39.8 Å². The highest BCUT2D eigenvalue weighted by molar-refractivity contribution is 6.01. The lowest BCUT2D eigenvalue weighted by Gasteiger charge is -2.43. The van der Waals surface area contributed by atoms with Crippen molar-refractivity contribution in [1.29, 1.82) is 0 Å². The van der Waals surface area contributed by atoms with Gasteiger partial charge in [-0.15, -0.1) is 5.10 Å². The highest BCUT2D eigenvalue weighted by Gasteiger charge is 2.39. The van der Waals surface area contributed by atoms with Crippen molar-refractivity contribution < 1.29 is 27.2 Å². The summed E-state index contributed by atoms with van der Waals surface area (Å²) in [5, 5.41) is 7.41. The number of anilines is 3. The zero-order valence-corrected chi connectivity index (χ0v) is 29.8. The first-order valence-corrected chi connectivity index (χ1v) is 17.5. The zero-order valence-electron chi connectivity index (χ0n) is 29.8. The molecule has 276 valence electrons. The molecule has 2 amide bonds. The number of aromatic nitrogens is 6. The van der Waals surface area contributed by atoms with E-state index < -0.39 is 22.9 Å². The first kappa shape index (κ1) is 35.7. The van der Waals surface area contributed by atoms with Gasteiger partial charge in [-0.2, -0.15) is 13.2 Å². The highest BCUT2D eigenvalue weighted by atomic mass is 19.4. The molecule has 0 bridgehead atoms. The third-order valence-corrected chi connectivity index (χ3v) is 9.79. The van der Waals surface area contributed by atoms with E-state index in [4.69, 9.17) is 14.4 Å². The second-order valence-corrected chi connectivity index (χ2v) is 13.9. The molecule has 1 N–H and O–H groups in total. The summed E-state index contributed by atoms with van der Waals surface area (Å²) in [6.45, 7) is 8.86. The number of carbonyl (C=O) groups excluding carboxylic acids is 2. The Morgan fingerprint density at radius 3 is 2.60 bits per heavy atom. The molecule has 7 rings (SSSR count). The molecule has 0 radical (unpaired) electrons. The van der Waals surface area contributed by atoms with Gasteiger partial charge in [-0.05, 0) is 77.1 Å². The number of unbranched alkanes of at least 4 members (excludes halogenated alkanes) is 2. The van der Waals surface area contributed by atoms with Crippen LogP contribution >= 0.6 is 0 Å². The Balaban J connectivity index is 0.974. The van der Waals surface area contributed by atoms with Crippen LogP contribution in [0.1, 0.15) is 69.7 Å². The predicted molar refractivity (Wildman–Crippen MR) is 191 cm³/mol. The summed E-state index contributed by atoms with van der Waals surface area (Å²) in [5.41, 5.74) is 0.841. The van der Waals surface area contributed by atoms with Gasteiger partial charge in [0.15, 0.2) is 17.5 Å². The number of nitrogens with zero attached hydrogens (tertiary/aromatic N) is 8. The predicted octanol–water partition coefficient (Wildman–Crippen LogP) is 6.33. The molecule has 6 heterocycles. The molecule has 53 heavy (non-hydrogen) atoms. The molecule has 13 nitrogen and oxygen atoms in total. The average molecular weight is 730 g/mol. The minimum Gasteiger partial charge on any atom is -0.423 e. The first-order chi connectivity index (χ1) is 25.2. The summed E-state index contributed by atoms with van der Waals surface area (Å²) in [6.07, 6.45) is 1.94. The number of likely N-dealkylation sites (N-methyl/N-ethyl adjacent to an activating group) is 1. The van der Waals surface area contributed by atoms with Crippen molar-refractivity contribution >= 4 is 40.1 Å². The molecule has 0 unspecified atom stereocenters. The SMILES string of the molecule is CCN1C(=O)CNc2ncc(-c3ccc(-c4ncn(CCCCCC(=O)N5c6cc7oc(=O)cc(C(F)(F)F)c7cc6CCC5(C)C)n4)nc3C)nc21. The van der Waals surface area contributed by atoms with Crippen molar-refractivity contribution in [2.24, 2.45) is 0 Å². The first-order valence-electron chi connectivity index (χ1n) is 17.5. The second-order valence-electron chi connectivity index (χ2n) is 13.9. The fraction of sp³-hybridized carbons (Fsp3) is 0.405. The lowest BCUT2D eigenvalue weighted by Crippen LogP contribution is -2.51. The van der Waals surface area contributed by atoms with Crippen LogP contribution in [0.5, 0.6) is 0 Å². The minimum atomic E-state index is -4.72. The molecular weight excluding hydrogens is 691 g/mol. The Labute approximate surface area is 302 Å². The molecule has 0 spiro atoms.